The van der Waals surface area contributed by atoms with Crippen molar-refractivity contribution in [2.45, 2.75) is 24.6 Å². The van der Waals surface area contributed by atoms with Crippen LogP contribution in [0.3, 0.4) is 0 Å². The van der Waals surface area contributed by atoms with Gasteiger partial charge in [-0.05, 0) is 37.5 Å². The molecule has 0 bridgehead atoms. The van der Waals surface area contributed by atoms with Gasteiger partial charge in [0, 0.05) is 11.1 Å². The maximum Gasteiger partial charge on any atom is 0.337 e. The molecule has 5 nitrogen and oxygen atoms in total. The van der Waals surface area contributed by atoms with Gasteiger partial charge in [0.05, 0.1) is 28.4 Å². The Hall–Kier alpha value is -1.89. The van der Waals surface area contributed by atoms with Crippen molar-refractivity contribution in [2.75, 3.05) is 6.61 Å². The van der Waals surface area contributed by atoms with Crippen molar-refractivity contribution >= 4 is 38.8 Å². The molecule has 1 aromatic heterocycles. The van der Waals surface area contributed by atoms with E-state index in [1.165, 1.54) is 6.07 Å². The SMILES string of the molecule is CCOC(=O)C1CCc2c([nH]c3c(C(=O)O)cc(F)cc23)C1Br. The fraction of sp³-hybridized carbons (Fsp3) is 0.375. The number of halogens is 2. The zero-order valence-electron chi connectivity index (χ0n) is 12.4. The van der Waals surface area contributed by atoms with Gasteiger partial charge in [-0.15, -0.1) is 0 Å². The molecule has 2 N–H and O–H groups in total. The van der Waals surface area contributed by atoms with Crippen LogP contribution >= 0.6 is 15.9 Å². The summed E-state index contributed by atoms with van der Waals surface area (Å²) < 4.78 is 18.8. The van der Waals surface area contributed by atoms with E-state index in [0.717, 1.165) is 17.3 Å². The van der Waals surface area contributed by atoms with Crippen LogP contribution in [0.5, 0.6) is 0 Å². The number of ether oxygens (including phenoxy) is 1. The first-order valence-electron chi connectivity index (χ1n) is 7.32. The number of aromatic amines is 1. The van der Waals surface area contributed by atoms with Crippen LogP contribution in [-0.4, -0.2) is 28.6 Å². The summed E-state index contributed by atoms with van der Waals surface area (Å²) in [6, 6.07) is 2.33. The number of nitrogens with one attached hydrogen (secondary N) is 1. The molecule has 0 radical (unpaired) electrons. The monoisotopic (exact) mass is 383 g/mol. The molecular weight excluding hydrogens is 369 g/mol. The van der Waals surface area contributed by atoms with Crippen LogP contribution in [0.15, 0.2) is 12.1 Å². The van der Waals surface area contributed by atoms with Crippen molar-refractivity contribution in [3.05, 3.63) is 34.8 Å². The summed E-state index contributed by atoms with van der Waals surface area (Å²) in [6.45, 7) is 2.06. The highest BCUT2D eigenvalue weighted by atomic mass is 79.9. The van der Waals surface area contributed by atoms with Crippen LogP contribution < -0.4 is 0 Å². The largest absolute Gasteiger partial charge is 0.478 e. The lowest BCUT2D eigenvalue weighted by Gasteiger charge is -2.26. The standard InChI is InChI=1S/C16H15BrFNO4/c1-2-23-16(22)9-4-3-8-10-5-7(18)6-11(15(20)21)13(10)19-14(8)12(9)17/h5-6,9,12,19H,2-4H2,1H3,(H,20,21). The summed E-state index contributed by atoms with van der Waals surface area (Å²) in [4.78, 5) is 26.1. The van der Waals surface area contributed by atoms with Crippen molar-refractivity contribution in [2.24, 2.45) is 5.92 Å². The van der Waals surface area contributed by atoms with Gasteiger partial charge >= 0.3 is 11.9 Å². The Kier molecular flexibility index (Phi) is 4.14. The molecule has 0 saturated heterocycles. The molecule has 7 heteroatoms. The van der Waals surface area contributed by atoms with Gasteiger partial charge in [-0.25, -0.2) is 9.18 Å². The number of H-pyrrole nitrogens is 1. The third-order valence-corrected chi connectivity index (χ3v) is 5.26. The Morgan fingerprint density at radius 2 is 2.22 bits per heavy atom. The molecule has 122 valence electrons. The second-order valence-corrected chi connectivity index (χ2v) is 6.48. The molecular formula is C16H15BrFNO4. The number of carboxylic acids is 1. The lowest BCUT2D eigenvalue weighted by molar-refractivity contribution is -0.148. The third kappa shape index (κ3) is 2.63. The Balaban J connectivity index is 2.12. The minimum atomic E-state index is -1.19. The zero-order valence-corrected chi connectivity index (χ0v) is 13.9. The highest BCUT2D eigenvalue weighted by Gasteiger charge is 2.36. The summed E-state index contributed by atoms with van der Waals surface area (Å²) in [5.41, 5.74) is 1.85. The number of aryl methyl sites for hydroxylation is 1. The van der Waals surface area contributed by atoms with E-state index in [0.29, 0.717) is 30.4 Å². The first kappa shape index (κ1) is 16.0. The van der Waals surface area contributed by atoms with Gasteiger partial charge < -0.3 is 14.8 Å². The maximum absolute atomic E-state index is 13.7. The topological polar surface area (TPSA) is 79.4 Å². The Morgan fingerprint density at radius 1 is 1.48 bits per heavy atom. The molecule has 0 saturated carbocycles. The van der Waals surface area contributed by atoms with Crippen molar-refractivity contribution < 1.29 is 23.8 Å². The summed E-state index contributed by atoms with van der Waals surface area (Å²) in [5, 5.41) is 9.83. The number of esters is 1. The Labute approximate surface area is 139 Å². The van der Waals surface area contributed by atoms with E-state index in [-0.39, 0.29) is 22.3 Å². The lowest BCUT2D eigenvalue weighted by atomic mass is 9.86. The van der Waals surface area contributed by atoms with Crippen molar-refractivity contribution in [1.29, 1.82) is 0 Å². The number of hydrogen-bond acceptors (Lipinski definition) is 3. The normalized spacial score (nSPS) is 20.3. The van der Waals surface area contributed by atoms with Crippen molar-refractivity contribution in [1.82, 2.24) is 4.98 Å². The number of fused-ring (bicyclic) bond motifs is 3. The number of carboxylic acid groups (broad SMARTS) is 1. The number of carbonyl (C=O) groups excluding carboxylic acids is 1. The van der Waals surface area contributed by atoms with Gasteiger partial charge in [0.2, 0.25) is 0 Å². The maximum atomic E-state index is 13.7. The van der Waals surface area contributed by atoms with Crippen molar-refractivity contribution in [3.8, 4) is 0 Å². The molecule has 2 aromatic rings. The fourth-order valence-corrected chi connectivity index (χ4v) is 4.01. The molecule has 1 aliphatic carbocycles. The molecule has 2 unspecified atom stereocenters. The summed E-state index contributed by atoms with van der Waals surface area (Å²) >= 11 is 3.51. The molecule has 3 rings (SSSR count). The average Bonchev–Trinajstić information content (AvgIpc) is 2.86. The van der Waals surface area contributed by atoms with Crippen LogP contribution in [0, 0.1) is 11.7 Å². The van der Waals surface area contributed by atoms with E-state index in [9.17, 15) is 19.1 Å². The fourth-order valence-electron chi connectivity index (χ4n) is 3.14. The molecule has 1 heterocycles. The molecule has 0 amide bonds. The van der Waals surface area contributed by atoms with E-state index in [4.69, 9.17) is 4.74 Å². The van der Waals surface area contributed by atoms with Gasteiger partial charge in [0.15, 0.2) is 0 Å². The molecule has 2 atom stereocenters. The first-order valence-corrected chi connectivity index (χ1v) is 8.23. The van der Waals surface area contributed by atoms with E-state index >= 15 is 0 Å². The van der Waals surface area contributed by atoms with Crippen LogP contribution in [0.2, 0.25) is 0 Å². The molecule has 1 aromatic carbocycles. The van der Waals surface area contributed by atoms with Crippen LogP contribution in [0.4, 0.5) is 4.39 Å². The zero-order chi connectivity index (χ0) is 16.7. The Morgan fingerprint density at radius 3 is 2.87 bits per heavy atom. The summed E-state index contributed by atoms with van der Waals surface area (Å²) in [6.07, 6.45) is 1.12. The van der Waals surface area contributed by atoms with E-state index in [2.05, 4.69) is 20.9 Å². The number of alkyl halides is 1. The average molecular weight is 384 g/mol. The van der Waals surface area contributed by atoms with Gasteiger partial charge in [0.1, 0.15) is 5.82 Å². The predicted molar refractivity (Wildman–Crippen MR) is 85.3 cm³/mol. The quantitative estimate of drug-likeness (QED) is 0.627. The molecule has 23 heavy (non-hydrogen) atoms. The number of carbonyl (C=O) groups is 2. The number of benzene rings is 1. The molecule has 1 aliphatic rings. The first-order chi connectivity index (χ1) is 10.9. The van der Waals surface area contributed by atoms with Gasteiger partial charge in [-0.1, -0.05) is 15.9 Å². The second kappa shape index (κ2) is 5.96. The number of aromatic nitrogens is 1. The van der Waals surface area contributed by atoms with E-state index < -0.39 is 11.8 Å². The van der Waals surface area contributed by atoms with Crippen LogP contribution in [0.25, 0.3) is 10.9 Å². The molecule has 0 fully saturated rings. The molecule has 0 aliphatic heterocycles. The van der Waals surface area contributed by atoms with E-state index in [1.54, 1.807) is 6.92 Å². The number of aromatic carboxylic acids is 1. The van der Waals surface area contributed by atoms with Crippen LogP contribution in [0.1, 0.15) is 39.8 Å². The number of hydrogen-bond donors (Lipinski definition) is 2. The number of rotatable bonds is 3. The Bertz CT molecular complexity index is 801. The third-order valence-electron chi connectivity index (χ3n) is 4.17. The predicted octanol–water partition coefficient (Wildman–Crippen LogP) is 3.57. The molecule has 0 spiro atoms. The van der Waals surface area contributed by atoms with Gasteiger partial charge in [-0.3, -0.25) is 4.79 Å². The van der Waals surface area contributed by atoms with E-state index in [1.807, 2.05) is 0 Å². The van der Waals surface area contributed by atoms with Gasteiger partial charge in [-0.2, -0.15) is 0 Å². The highest BCUT2D eigenvalue weighted by molar-refractivity contribution is 9.09. The minimum Gasteiger partial charge on any atom is -0.478 e. The second-order valence-electron chi connectivity index (χ2n) is 5.50. The minimum absolute atomic E-state index is 0.109. The smallest absolute Gasteiger partial charge is 0.337 e. The van der Waals surface area contributed by atoms with Crippen molar-refractivity contribution in [3.63, 3.8) is 0 Å². The lowest BCUT2D eigenvalue weighted by Crippen LogP contribution is -2.26. The summed E-state index contributed by atoms with van der Waals surface area (Å²) in [5.74, 6) is -2.42. The summed E-state index contributed by atoms with van der Waals surface area (Å²) in [7, 11) is 0. The van der Waals surface area contributed by atoms with Crippen LogP contribution in [-0.2, 0) is 16.0 Å². The highest BCUT2D eigenvalue weighted by Crippen LogP contribution is 2.44. The van der Waals surface area contributed by atoms with Gasteiger partial charge in [0.25, 0.3) is 0 Å².